The van der Waals surface area contributed by atoms with E-state index in [1.165, 1.54) is 0 Å². The molecule has 21 heavy (non-hydrogen) atoms. The smallest absolute Gasteiger partial charge is 0.303 e. The lowest BCUT2D eigenvalue weighted by Crippen LogP contribution is -2.10. The van der Waals surface area contributed by atoms with Crippen molar-refractivity contribution in [1.29, 1.82) is 0 Å². The van der Waals surface area contributed by atoms with Crippen molar-refractivity contribution in [2.24, 2.45) is 5.92 Å². The van der Waals surface area contributed by atoms with Crippen molar-refractivity contribution in [2.45, 2.75) is 44.6 Å². The lowest BCUT2D eigenvalue weighted by molar-refractivity contribution is -0.137. The SMILES string of the molecule is COc1cc(C(CC(=O)O)C2CC2)c(Cl)c2c1OC(C)C2. The summed E-state index contributed by atoms with van der Waals surface area (Å²) in [4.78, 5) is 11.2. The van der Waals surface area contributed by atoms with E-state index >= 15 is 0 Å². The lowest BCUT2D eigenvalue weighted by Gasteiger charge is -2.19. The van der Waals surface area contributed by atoms with E-state index in [-0.39, 0.29) is 18.4 Å². The van der Waals surface area contributed by atoms with E-state index in [4.69, 9.17) is 21.1 Å². The van der Waals surface area contributed by atoms with E-state index in [1.54, 1.807) is 7.11 Å². The number of hydrogen-bond acceptors (Lipinski definition) is 3. The molecular formula is C16H19ClO4. The molecule has 0 bridgehead atoms. The highest BCUT2D eigenvalue weighted by Crippen LogP contribution is 2.51. The first-order valence-electron chi connectivity index (χ1n) is 7.29. The summed E-state index contributed by atoms with van der Waals surface area (Å²) in [5.41, 5.74) is 1.85. The number of ether oxygens (including phenoxy) is 2. The molecule has 1 aliphatic heterocycles. The topological polar surface area (TPSA) is 55.8 Å². The van der Waals surface area contributed by atoms with Crippen LogP contribution in [0.25, 0.3) is 0 Å². The van der Waals surface area contributed by atoms with Crippen molar-refractivity contribution in [3.05, 3.63) is 22.2 Å². The third-order valence-corrected chi connectivity index (χ3v) is 4.76. The summed E-state index contributed by atoms with van der Waals surface area (Å²) in [6.45, 7) is 1.99. The van der Waals surface area contributed by atoms with Crippen LogP contribution in [0.1, 0.15) is 43.2 Å². The first-order valence-corrected chi connectivity index (χ1v) is 7.66. The van der Waals surface area contributed by atoms with Gasteiger partial charge in [0.2, 0.25) is 0 Å². The van der Waals surface area contributed by atoms with Crippen molar-refractivity contribution in [3.63, 3.8) is 0 Å². The second-order valence-electron chi connectivity index (χ2n) is 5.96. The van der Waals surface area contributed by atoms with Gasteiger partial charge in [0.15, 0.2) is 11.5 Å². The van der Waals surface area contributed by atoms with Crippen molar-refractivity contribution >= 4 is 17.6 Å². The highest BCUT2D eigenvalue weighted by Gasteiger charge is 2.37. The van der Waals surface area contributed by atoms with Gasteiger partial charge in [-0.2, -0.15) is 0 Å². The van der Waals surface area contributed by atoms with Crippen LogP contribution in [-0.2, 0) is 11.2 Å². The maximum Gasteiger partial charge on any atom is 0.303 e. The molecule has 1 aromatic carbocycles. The molecule has 0 radical (unpaired) electrons. The Balaban J connectivity index is 2.06. The maximum atomic E-state index is 11.2. The summed E-state index contributed by atoms with van der Waals surface area (Å²) in [5, 5.41) is 9.84. The number of carboxylic acid groups (broad SMARTS) is 1. The first-order chi connectivity index (χ1) is 10.0. The van der Waals surface area contributed by atoms with Gasteiger partial charge in [0.05, 0.1) is 18.6 Å². The fourth-order valence-electron chi connectivity index (χ4n) is 3.17. The van der Waals surface area contributed by atoms with Crippen LogP contribution in [0, 0.1) is 5.92 Å². The van der Waals surface area contributed by atoms with Crippen LogP contribution in [0.2, 0.25) is 5.02 Å². The average molecular weight is 311 g/mol. The van der Waals surface area contributed by atoms with Gasteiger partial charge in [0, 0.05) is 12.0 Å². The van der Waals surface area contributed by atoms with Crippen LogP contribution < -0.4 is 9.47 Å². The number of methoxy groups -OCH3 is 1. The van der Waals surface area contributed by atoms with Gasteiger partial charge >= 0.3 is 5.97 Å². The number of carbonyl (C=O) groups is 1. The van der Waals surface area contributed by atoms with E-state index in [1.807, 2.05) is 13.0 Å². The van der Waals surface area contributed by atoms with Gasteiger partial charge in [-0.25, -0.2) is 0 Å². The van der Waals surface area contributed by atoms with Crippen LogP contribution in [-0.4, -0.2) is 24.3 Å². The van der Waals surface area contributed by atoms with Crippen LogP contribution in [0.5, 0.6) is 11.5 Å². The highest BCUT2D eigenvalue weighted by atomic mass is 35.5. The van der Waals surface area contributed by atoms with Crippen LogP contribution in [0.3, 0.4) is 0 Å². The minimum Gasteiger partial charge on any atom is -0.493 e. The van der Waals surface area contributed by atoms with Gasteiger partial charge in [0.1, 0.15) is 6.10 Å². The van der Waals surface area contributed by atoms with Crippen LogP contribution >= 0.6 is 11.6 Å². The monoisotopic (exact) mass is 310 g/mol. The molecule has 1 saturated carbocycles. The molecule has 5 heteroatoms. The first kappa shape index (κ1) is 14.5. The highest BCUT2D eigenvalue weighted by molar-refractivity contribution is 6.32. The predicted octanol–water partition coefficient (Wildman–Crippen LogP) is 3.64. The minimum absolute atomic E-state index is 0.0369. The van der Waals surface area contributed by atoms with Gasteiger partial charge in [-0.15, -0.1) is 0 Å². The van der Waals surface area contributed by atoms with E-state index < -0.39 is 5.97 Å². The van der Waals surface area contributed by atoms with Crippen LogP contribution in [0.15, 0.2) is 6.07 Å². The quantitative estimate of drug-likeness (QED) is 0.902. The maximum absolute atomic E-state index is 11.2. The van der Waals surface area contributed by atoms with Crippen molar-refractivity contribution in [3.8, 4) is 11.5 Å². The van der Waals surface area contributed by atoms with E-state index in [0.29, 0.717) is 22.4 Å². The zero-order valence-corrected chi connectivity index (χ0v) is 12.9. The molecule has 0 saturated heterocycles. The molecule has 2 aliphatic rings. The van der Waals surface area contributed by atoms with Crippen LogP contribution in [0.4, 0.5) is 0 Å². The molecule has 1 aliphatic carbocycles. The summed E-state index contributed by atoms with van der Waals surface area (Å²) >= 11 is 6.57. The molecule has 0 aromatic heterocycles. The Labute approximate surface area is 129 Å². The number of fused-ring (bicyclic) bond motifs is 1. The minimum atomic E-state index is -0.785. The Bertz CT molecular complexity index is 580. The summed E-state index contributed by atoms with van der Waals surface area (Å²) < 4.78 is 11.2. The third-order valence-electron chi connectivity index (χ3n) is 4.32. The number of benzene rings is 1. The molecule has 3 rings (SSSR count). The number of carboxylic acids is 1. The molecule has 0 amide bonds. The number of halogens is 1. The molecule has 1 N–H and O–H groups in total. The van der Waals surface area contributed by atoms with Crippen molar-refractivity contribution in [2.75, 3.05) is 7.11 Å². The zero-order valence-electron chi connectivity index (χ0n) is 12.2. The fourth-order valence-corrected chi connectivity index (χ4v) is 3.53. The fraction of sp³-hybridized carbons (Fsp3) is 0.562. The largest absolute Gasteiger partial charge is 0.493 e. The van der Waals surface area contributed by atoms with Gasteiger partial charge in [-0.3, -0.25) is 4.79 Å². The molecule has 0 spiro atoms. The summed E-state index contributed by atoms with van der Waals surface area (Å²) in [5.74, 6) is 0.965. The molecule has 1 fully saturated rings. The van der Waals surface area contributed by atoms with E-state index in [2.05, 4.69) is 0 Å². The second-order valence-corrected chi connectivity index (χ2v) is 6.34. The summed E-state index contributed by atoms with van der Waals surface area (Å²) in [6, 6.07) is 1.87. The molecule has 2 atom stereocenters. The molecule has 2 unspecified atom stereocenters. The number of rotatable bonds is 5. The van der Waals surface area contributed by atoms with Crippen molar-refractivity contribution in [1.82, 2.24) is 0 Å². The Morgan fingerprint density at radius 1 is 1.57 bits per heavy atom. The average Bonchev–Trinajstić information content (AvgIpc) is 3.19. The Morgan fingerprint density at radius 2 is 2.29 bits per heavy atom. The van der Waals surface area contributed by atoms with E-state index in [9.17, 15) is 9.90 Å². The summed E-state index contributed by atoms with van der Waals surface area (Å²) in [7, 11) is 1.60. The molecular weight excluding hydrogens is 292 g/mol. The molecule has 4 nitrogen and oxygen atoms in total. The third kappa shape index (κ3) is 2.69. The molecule has 114 valence electrons. The van der Waals surface area contributed by atoms with Crippen molar-refractivity contribution < 1.29 is 19.4 Å². The Morgan fingerprint density at radius 3 is 2.86 bits per heavy atom. The standard InChI is InChI=1S/C16H19ClO4/c1-8-5-12-15(17)11(6-13(20-2)16(12)21-8)10(7-14(18)19)9-3-4-9/h6,8-10H,3-5,7H2,1-2H3,(H,18,19). The van der Waals surface area contributed by atoms with E-state index in [0.717, 1.165) is 30.4 Å². The molecule has 1 heterocycles. The zero-order chi connectivity index (χ0) is 15.1. The number of aliphatic carboxylic acids is 1. The van der Waals surface area contributed by atoms with Gasteiger partial charge in [-0.1, -0.05) is 11.6 Å². The Kier molecular flexibility index (Phi) is 3.74. The molecule has 1 aromatic rings. The number of hydrogen-bond donors (Lipinski definition) is 1. The van der Waals surface area contributed by atoms with Gasteiger partial charge in [-0.05, 0) is 43.2 Å². The Hall–Kier alpha value is -1.42. The predicted molar refractivity (Wildman–Crippen MR) is 79.5 cm³/mol. The van der Waals surface area contributed by atoms with Gasteiger partial charge in [0.25, 0.3) is 0 Å². The van der Waals surface area contributed by atoms with Gasteiger partial charge < -0.3 is 14.6 Å². The summed E-state index contributed by atoms with van der Waals surface area (Å²) in [6.07, 6.45) is 3.06. The second kappa shape index (κ2) is 5.41. The lowest BCUT2D eigenvalue weighted by atomic mass is 9.89. The normalized spacial score (nSPS) is 21.6.